The van der Waals surface area contributed by atoms with Crippen LogP contribution < -0.4 is 9.47 Å². The van der Waals surface area contributed by atoms with Crippen molar-refractivity contribution in [2.24, 2.45) is 9.98 Å². The van der Waals surface area contributed by atoms with Crippen LogP contribution in [0.5, 0.6) is 11.5 Å². The summed E-state index contributed by atoms with van der Waals surface area (Å²) in [6.45, 7) is 0.0962. The van der Waals surface area contributed by atoms with Crippen molar-refractivity contribution in [3.05, 3.63) is 60.2 Å². The second-order valence-corrected chi connectivity index (χ2v) is 17.1. The number of nitriles is 4. The minimum absolute atomic E-state index is 0.0962. The average Bonchev–Trinajstić information content (AvgIpc) is 4.03. The van der Waals surface area contributed by atoms with Crippen LogP contribution in [0, 0.1) is 45.3 Å². The highest BCUT2D eigenvalue weighted by Crippen LogP contribution is 2.55. The molecule has 0 spiro atoms. The number of carbonyl (C=O) groups is 1. The van der Waals surface area contributed by atoms with Gasteiger partial charge in [-0.1, -0.05) is 30.3 Å². The van der Waals surface area contributed by atoms with Gasteiger partial charge in [-0.2, -0.15) is 21.0 Å². The van der Waals surface area contributed by atoms with E-state index in [1.165, 1.54) is 45.3 Å². The van der Waals surface area contributed by atoms with Crippen LogP contribution in [0.25, 0.3) is 58.7 Å². The van der Waals surface area contributed by atoms with Crippen molar-refractivity contribution in [3.63, 3.8) is 0 Å². The Morgan fingerprint density at radius 1 is 0.660 bits per heavy atom. The standard InChI is InChI=1S/C36H17N7O4S6/c1-45-20-8-26(41-18(12-37)13-38)52-30(20)22-10-24-32(48-22)28-34(50-24)35-29(43(28)36(44)47-16-17-6-4-3-5-7-17)33-25(51-35)11-23(49-33)31-21(46-2)9-27(53-31)42-19(14-39)15-40/h3-11H,16H2,1-2H3. The summed E-state index contributed by atoms with van der Waals surface area (Å²) in [5.74, 6) is 1.13. The molecular weight excluding hydrogens is 787 g/mol. The first-order chi connectivity index (χ1) is 25.9. The molecule has 0 radical (unpaired) electrons. The number of nitrogens with zero attached hydrogens (tertiary/aromatic N) is 7. The maximum absolute atomic E-state index is 14.3. The number of methoxy groups -OCH3 is 2. The Morgan fingerprint density at radius 2 is 1.13 bits per heavy atom. The molecule has 17 heteroatoms. The van der Waals surface area contributed by atoms with Gasteiger partial charge in [-0.15, -0.1) is 68.0 Å². The third-order valence-corrected chi connectivity index (χ3v) is 15.2. The fraction of sp³-hybridized carbons (Fsp3) is 0.0833. The molecule has 0 amide bonds. The number of hydrogen-bond acceptors (Lipinski definition) is 16. The van der Waals surface area contributed by atoms with Crippen LogP contribution in [0.2, 0.25) is 0 Å². The van der Waals surface area contributed by atoms with E-state index in [9.17, 15) is 25.8 Å². The van der Waals surface area contributed by atoms with E-state index in [-0.39, 0.29) is 18.0 Å². The number of aromatic nitrogens is 1. The molecule has 0 aliphatic rings. The maximum atomic E-state index is 14.3. The zero-order valence-electron chi connectivity index (χ0n) is 27.1. The highest BCUT2D eigenvalue weighted by atomic mass is 32.1. The smallest absolute Gasteiger partial charge is 0.419 e. The minimum Gasteiger partial charge on any atom is -0.495 e. The molecule has 0 unspecified atom stereocenters. The number of thiophene rings is 6. The summed E-state index contributed by atoms with van der Waals surface area (Å²) in [5.41, 5.74) is 1.88. The molecule has 53 heavy (non-hydrogen) atoms. The highest BCUT2D eigenvalue weighted by Gasteiger charge is 2.29. The molecular formula is C36H17N7O4S6. The van der Waals surface area contributed by atoms with Gasteiger partial charge in [-0.25, -0.2) is 19.3 Å². The van der Waals surface area contributed by atoms with Crippen molar-refractivity contribution in [3.8, 4) is 55.3 Å². The SMILES string of the molecule is COc1cc(N=C(C#N)C#N)sc1-c1cc2sc3c4sc5cc(-c6sc(N=C(C#N)C#N)cc6OC)sc5c4n(C(=O)OCc4ccccc4)c3c2s1. The van der Waals surface area contributed by atoms with E-state index in [0.717, 1.165) is 64.3 Å². The molecule has 11 nitrogen and oxygen atoms in total. The number of aliphatic imine (C=N–C) groups is 2. The predicted molar refractivity (Wildman–Crippen MR) is 214 cm³/mol. The first kappa shape index (κ1) is 34.2. The average molecular weight is 804 g/mol. The Morgan fingerprint density at radius 3 is 1.57 bits per heavy atom. The number of ether oxygens (including phenoxy) is 3. The van der Waals surface area contributed by atoms with Crippen LogP contribution >= 0.6 is 68.0 Å². The molecule has 0 bridgehead atoms. The minimum atomic E-state index is -0.505. The normalized spacial score (nSPS) is 10.9. The summed E-state index contributed by atoms with van der Waals surface area (Å²) in [6, 6.07) is 24.2. The molecule has 8 rings (SSSR count). The van der Waals surface area contributed by atoms with Gasteiger partial charge in [0.25, 0.3) is 0 Å². The molecule has 7 aromatic heterocycles. The lowest BCUT2D eigenvalue weighted by Gasteiger charge is -2.07. The Hall–Kier alpha value is -5.89. The van der Waals surface area contributed by atoms with Crippen LogP contribution in [0.3, 0.4) is 0 Å². The maximum Gasteiger partial charge on any atom is 0.419 e. The van der Waals surface area contributed by atoms with Crippen molar-refractivity contribution in [1.82, 2.24) is 4.57 Å². The predicted octanol–water partition coefficient (Wildman–Crippen LogP) is 11.2. The van der Waals surface area contributed by atoms with Gasteiger partial charge >= 0.3 is 6.09 Å². The van der Waals surface area contributed by atoms with Gasteiger partial charge < -0.3 is 14.2 Å². The lowest BCUT2D eigenvalue weighted by molar-refractivity contribution is 0.143. The van der Waals surface area contributed by atoms with E-state index in [0.29, 0.717) is 21.5 Å². The summed E-state index contributed by atoms with van der Waals surface area (Å²) in [6.07, 6.45) is -0.505. The Kier molecular flexibility index (Phi) is 8.98. The highest BCUT2D eigenvalue weighted by molar-refractivity contribution is 7.40. The van der Waals surface area contributed by atoms with Crippen LogP contribution in [-0.4, -0.2) is 36.3 Å². The second kappa shape index (κ2) is 13.9. The van der Waals surface area contributed by atoms with Gasteiger partial charge in [-0.3, -0.25) is 0 Å². The molecule has 1 aromatic carbocycles. The zero-order chi connectivity index (χ0) is 36.8. The van der Waals surface area contributed by atoms with Gasteiger partial charge in [0.05, 0.1) is 63.6 Å². The summed E-state index contributed by atoms with van der Waals surface area (Å²) >= 11 is 8.85. The number of carbonyl (C=O) groups excluding carboxylic acids is 1. The lowest BCUT2D eigenvalue weighted by Crippen LogP contribution is -2.13. The van der Waals surface area contributed by atoms with E-state index in [2.05, 4.69) is 22.1 Å². The van der Waals surface area contributed by atoms with Crippen molar-refractivity contribution in [2.45, 2.75) is 6.61 Å². The summed E-state index contributed by atoms with van der Waals surface area (Å²) in [4.78, 5) is 26.0. The lowest BCUT2D eigenvalue weighted by atomic mass is 10.2. The van der Waals surface area contributed by atoms with Gasteiger partial charge in [-0.05, 0) is 17.7 Å². The van der Waals surface area contributed by atoms with Gasteiger partial charge in [0.15, 0.2) is 0 Å². The molecule has 0 saturated heterocycles. The second-order valence-electron chi connectivity index (χ2n) is 10.9. The first-order valence-electron chi connectivity index (χ1n) is 15.2. The van der Waals surface area contributed by atoms with E-state index in [4.69, 9.17) is 14.2 Å². The number of rotatable bonds is 8. The molecule has 256 valence electrons. The van der Waals surface area contributed by atoms with Gasteiger partial charge in [0, 0.05) is 21.5 Å². The quantitative estimate of drug-likeness (QED) is 0.137. The molecule has 0 aliphatic heterocycles. The van der Waals surface area contributed by atoms with E-state index in [1.807, 2.05) is 30.3 Å². The van der Waals surface area contributed by atoms with Crippen LogP contribution in [0.15, 0.2) is 64.6 Å². The Balaban J connectivity index is 1.30. The van der Waals surface area contributed by atoms with Crippen molar-refractivity contribution >= 4 is 135 Å². The molecule has 0 aliphatic carbocycles. The molecule has 0 atom stereocenters. The Bertz CT molecular complexity index is 2800. The third-order valence-electron chi connectivity index (χ3n) is 7.85. The molecule has 0 saturated carbocycles. The molecule has 7 heterocycles. The third kappa shape index (κ3) is 5.92. The van der Waals surface area contributed by atoms with E-state index >= 15 is 0 Å². The summed E-state index contributed by atoms with van der Waals surface area (Å²) < 4.78 is 24.7. The number of fused-ring (bicyclic) bond motifs is 7. The Labute approximate surface area is 323 Å². The monoisotopic (exact) mass is 803 g/mol. The number of benzene rings is 1. The molecule has 0 fully saturated rings. The van der Waals surface area contributed by atoms with Crippen LogP contribution in [-0.2, 0) is 11.3 Å². The van der Waals surface area contributed by atoms with E-state index in [1.54, 1.807) is 77.9 Å². The van der Waals surface area contributed by atoms with Crippen molar-refractivity contribution in [1.29, 1.82) is 21.0 Å². The molecule has 8 aromatic rings. The fourth-order valence-electron chi connectivity index (χ4n) is 5.62. The number of hydrogen-bond donors (Lipinski definition) is 0. The summed E-state index contributed by atoms with van der Waals surface area (Å²) in [7, 11) is 3.11. The summed E-state index contributed by atoms with van der Waals surface area (Å²) in [5, 5.41) is 37.8. The fourth-order valence-corrected chi connectivity index (χ4v) is 13.2. The van der Waals surface area contributed by atoms with Crippen molar-refractivity contribution in [2.75, 3.05) is 14.2 Å². The van der Waals surface area contributed by atoms with E-state index < -0.39 is 6.09 Å². The first-order valence-corrected chi connectivity index (χ1v) is 20.1. The van der Waals surface area contributed by atoms with Crippen LogP contribution in [0.4, 0.5) is 14.8 Å². The topological polar surface area (TPSA) is 170 Å². The van der Waals surface area contributed by atoms with Gasteiger partial charge in [0.1, 0.15) is 52.4 Å². The van der Waals surface area contributed by atoms with Crippen molar-refractivity contribution < 1.29 is 19.0 Å². The van der Waals surface area contributed by atoms with Gasteiger partial charge in [0.2, 0.25) is 11.4 Å². The zero-order valence-corrected chi connectivity index (χ0v) is 32.0. The largest absolute Gasteiger partial charge is 0.495 e. The van der Waals surface area contributed by atoms with Crippen LogP contribution in [0.1, 0.15) is 5.56 Å². The molecule has 0 N–H and O–H groups in total.